The van der Waals surface area contributed by atoms with Crippen molar-refractivity contribution in [3.05, 3.63) is 71.9 Å². The summed E-state index contributed by atoms with van der Waals surface area (Å²) >= 11 is 0. The maximum atomic E-state index is 12.9. The standard InChI is InChI=1S/C25H28N8O/c1-15-8-9-17(30-24(34)21-11-16(2)33(32-21)25(3,4)5)12-19(15)31-23-18(7-6-10-27-23)20-13-22(26)29-14-28-20/h6-14H,1-5H3,(H,27,31)(H,30,34)(H2,26,28,29). The lowest BCUT2D eigenvalue weighted by molar-refractivity contribution is 0.102. The van der Waals surface area contributed by atoms with Gasteiger partial charge in [0.2, 0.25) is 0 Å². The Morgan fingerprint density at radius 1 is 1.03 bits per heavy atom. The number of benzene rings is 1. The molecule has 0 atom stereocenters. The number of nitrogen functional groups attached to an aromatic ring is 1. The molecule has 9 nitrogen and oxygen atoms in total. The summed E-state index contributed by atoms with van der Waals surface area (Å²) in [6.45, 7) is 10.1. The van der Waals surface area contributed by atoms with Crippen LogP contribution in [0.1, 0.15) is 42.5 Å². The molecule has 4 rings (SSSR count). The molecule has 0 unspecified atom stereocenters. The first-order valence-electron chi connectivity index (χ1n) is 10.9. The summed E-state index contributed by atoms with van der Waals surface area (Å²) in [7, 11) is 0. The smallest absolute Gasteiger partial charge is 0.276 e. The molecule has 1 amide bonds. The third kappa shape index (κ3) is 4.88. The van der Waals surface area contributed by atoms with E-state index in [1.165, 1.54) is 6.33 Å². The Balaban J connectivity index is 1.59. The Morgan fingerprint density at radius 2 is 1.82 bits per heavy atom. The number of rotatable bonds is 5. The van der Waals surface area contributed by atoms with Crippen LogP contribution >= 0.6 is 0 Å². The Labute approximate surface area is 198 Å². The highest BCUT2D eigenvalue weighted by atomic mass is 16.2. The molecule has 0 spiro atoms. The van der Waals surface area contributed by atoms with Crippen LogP contribution in [-0.2, 0) is 5.54 Å². The average Bonchev–Trinajstić information content (AvgIpc) is 3.19. The van der Waals surface area contributed by atoms with Gasteiger partial charge in [-0.3, -0.25) is 9.48 Å². The highest BCUT2D eigenvalue weighted by Crippen LogP contribution is 2.30. The Hall–Kier alpha value is -4.27. The lowest BCUT2D eigenvalue weighted by Gasteiger charge is -2.21. The van der Waals surface area contributed by atoms with Crippen molar-refractivity contribution in [3.8, 4) is 11.3 Å². The molecule has 0 saturated heterocycles. The van der Waals surface area contributed by atoms with E-state index in [9.17, 15) is 4.79 Å². The molecule has 3 aromatic heterocycles. The molecule has 174 valence electrons. The van der Waals surface area contributed by atoms with E-state index in [1.807, 2.05) is 69.6 Å². The van der Waals surface area contributed by atoms with Crippen molar-refractivity contribution in [2.45, 2.75) is 40.2 Å². The number of amides is 1. The molecule has 0 aliphatic heterocycles. The number of aromatic nitrogens is 5. The first-order valence-corrected chi connectivity index (χ1v) is 10.9. The maximum Gasteiger partial charge on any atom is 0.276 e. The zero-order chi connectivity index (χ0) is 24.5. The van der Waals surface area contributed by atoms with Gasteiger partial charge in [0.15, 0.2) is 5.69 Å². The normalized spacial score (nSPS) is 11.3. The summed E-state index contributed by atoms with van der Waals surface area (Å²) in [6, 6.07) is 12.9. The second-order valence-electron chi connectivity index (χ2n) is 9.09. The number of carbonyl (C=O) groups excluding carboxylic acids is 1. The lowest BCUT2D eigenvalue weighted by atomic mass is 10.1. The minimum Gasteiger partial charge on any atom is -0.384 e. The summed E-state index contributed by atoms with van der Waals surface area (Å²) in [4.78, 5) is 25.6. The van der Waals surface area contributed by atoms with E-state index < -0.39 is 0 Å². The molecular weight excluding hydrogens is 428 g/mol. The number of nitrogens with zero attached hydrogens (tertiary/aromatic N) is 5. The largest absolute Gasteiger partial charge is 0.384 e. The van der Waals surface area contributed by atoms with Gasteiger partial charge in [-0.15, -0.1) is 0 Å². The average molecular weight is 457 g/mol. The van der Waals surface area contributed by atoms with Crippen molar-refractivity contribution >= 4 is 28.9 Å². The highest BCUT2D eigenvalue weighted by molar-refractivity contribution is 6.03. The second kappa shape index (κ2) is 8.93. The fourth-order valence-corrected chi connectivity index (χ4v) is 3.65. The van der Waals surface area contributed by atoms with E-state index in [-0.39, 0.29) is 11.4 Å². The van der Waals surface area contributed by atoms with Crippen LogP contribution in [-0.4, -0.2) is 30.6 Å². The van der Waals surface area contributed by atoms with E-state index in [2.05, 4.69) is 30.7 Å². The molecule has 3 heterocycles. The van der Waals surface area contributed by atoms with Crippen LogP contribution in [0.5, 0.6) is 0 Å². The van der Waals surface area contributed by atoms with Crippen LogP contribution in [0, 0.1) is 13.8 Å². The molecule has 0 saturated carbocycles. The van der Waals surface area contributed by atoms with E-state index in [1.54, 1.807) is 18.3 Å². The van der Waals surface area contributed by atoms with Crippen molar-refractivity contribution in [2.24, 2.45) is 0 Å². The van der Waals surface area contributed by atoms with Gasteiger partial charge in [0.05, 0.1) is 11.2 Å². The fraction of sp³-hybridized carbons (Fsp3) is 0.240. The topological polar surface area (TPSA) is 124 Å². The minimum absolute atomic E-state index is 0.210. The quantitative estimate of drug-likeness (QED) is 0.398. The molecule has 0 radical (unpaired) electrons. The Bertz CT molecular complexity index is 1350. The lowest BCUT2D eigenvalue weighted by Crippen LogP contribution is -2.25. The molecule has 0 aliphatic carbocycles. The van der Waals surface area contributed by atoms with Gasteiger partial charge in [-0.05, 0) is 70.5 Å². The Morgan fingerprint density at radius 3 is 2.53 bits per heavy atom. The van der Waals surface area contributed by atoms with Crippen LogP contribution in [0.15, 0.2) is 55.0 Å². The van der Waals surface area contributed by atoms with Gasteiger partial charge in [0.25, 0.3) is 5.91 Å². The molecule has 34 heavy (non-hydrogen) atoms. The molecule has 0 bridgehead atoms. The van der Waals surface area contributed by atoms with Crippen molar-refractivity contribution in [3.63, 3.8) is 0 Å². The summed E-state index contributed by atoms with van der Waals surface area (Å²) in [5.74, 6) is 0.729. The summed E-state index contributed by atoms with van der Waals surface area (Å²) in [5, 5.41) is 10.8. The van der Waals surface area contributed by atoms with Gasteiger partial charge in [0.1, 0.15) is 18.0 Å². The molecule has 1 aromatic carbocycles. The molecule has 9 heteroatoms. The van der Waals surface area contributed by atoms with Crippen molar-refractivity contribution in [2.75, 3.05) is 16.4 Å². The number of carbonyl (C=O) groups is 1. The number of hydrogen-bond donors (Lipinski definition) is 3. The van der Waals surface area contributed by atoms with Crippen molar-refractivity contribution < 1.29 is 4.79 Å². The van der Waals surface area contributed by atoms with Crippen LogP contribution in [0.25, 0.3) is 11.3 Å². The zero-order valence-corrected chi connectivity index (χ0v) is 19.9. The number of nitrogens with two attached hydrogens (primary N) is 1. The van der Waals surface area contributed by atoms with Gasteiger partial charge < -0.3 is 16.4 Å². The number of aryl methyl sites for hydroxylation is 2. The molecule has 0 aliphatic rings. The van der Waals surface area contributed by atoms with E-state index in [0.717, 1.165) is 22.5 Å². The molecule has 4 N–H and O–H groups in total. The van der Waals surface area contributed by atoms with Crippen LogP contribution in [0.4, 0.5) is 23.0 Å². The van der Waals surface area contributed by atoms with Gasteiger partial charge in [-0.2, -0.15) is 5.10 Å². The third-order valence-electron chi connectivity index (χ3n) is 5.28. The second-order valence-corrected chi connectivity index (χ2v) is 9.09. The minimum atomic E-state index is -0.268. The summed E-state index contributed by atoms with van der Waals surface area (Å²) in [6.07, 6.45) is 3.12. The summed E-state index contributed by atoms with van der Waals surface area (Å²) < 4.78 is 1.85. The third-order valence-corrected chi connectivity index (χ3v) is 5.28. The molecule has 4 aromatic rings. The van der Waals surface area contributed by atoms with Gasteiger partial charge >= 0.3 is 0 Å². The van der Waals surface area contributed by atoms with E-state index in [0.29, 0.717) is 28.7 Å². The number of nitrogens with one attached hydrogen (secondary N) is 2. The molecule has 0 fully saturated rings. The zero-order valence-electron chi connectivity index (χ0n) is 19.9. The highest BCUT2D eigenvalue weighted by Gasteiger charge is 2.20. The van der Waals surface area contributed by atoms with Crippen LogP contribution < -0.4 is 16.4 Å². The number of anilines is 4. The Kier molecular flexibility index (Phi) is 6.02. The van der Waals surface area contributed by atoms with Crippen molar-refractivity contribution in [1.82, 2.24) is 24.7 Å². The number of hydrogen-bond acceptors (Lipinski definition) is 7. The van der Waals surface area contributed by atoms with Gasteiger partial charge in [0, 0.05) is 34.9 Å². The van der Waals surface area contributed by atoms with Crippen LogP contribution in [0.3, 0.4) is 0 Å². The maximum absolute atomic E-state index is 12.9. The fourth-order valence-electron chi connectivity index (χ4n) is 3.65. The van der Waals surface area contributed by atoms with Gasteiger partial charge in [-0.1, -0.05) is 6.07 Å². The van der Waals surface area contributed by atoms with Crippen molar-refractivity contribution in [1.29, 1.82) is 0 Å². The van der Waals surface area contributed by atoms with E-state index >= 15 is 0 Å². The number of pyridine rings is 1. The predicted molar refractivity (Wildman–Crippen MR) is 134 cm³/mol. The monoisotopic (exact) mass is 456 g/mol. The van der Waals surface area contributed by atoms with Crippen LogP contribution in [0.2, 0.25) is 0 Å². The molecular formula is C25H28N8O. The first kappa shape index (κ1) is 22.9. The first-order chi connectivity index (χ1) is 16.1. The predicted octanol–water partition coefficient (Wildman–Crippen LogP) is 4.69. The van der Waals surface area contributed by atoms with E-state index in [4.69, 9.17) is 5.73 Å². The van der Waals surface area contributed by atoms with Gasteiger partial charge in [-0.25, -0.2) is 15.0 Å². The summed E-state index contributed by atoms with van der Waals surface area (Å²) in [5.41, 5.74) is 10.8. The SMILES string of the molecule is Cc1ccc(NC(=O)c2cc(C)n(C(C)(C)C)n2)cc1Nc1ncccc1-c1cc(N)ncn1.